The van der Waals surface area contributed by atoms with Crippen molar-refractivity contribution in [3.05, 3.63) is 35.7 Å². The van der Waals surface area contributed by atoms with E-state index in [-0.39, 0.29) is 24.9 Å². The van der Waals surface area contributed by atoms with E-state index in [1.807, 2.05) is 31.2 Å². The average Bonchev–Trinajstić information content (AvgIpc) is 3.09. The number of nitrogens with zero attached hydrogens (tertiary/aromatic N) is 4. The summed E-state index contributed by atoms with van der Waals surface area (Å²) in [5, 5.41) is 3.99. The predicted octanol–water partition coefficient (Wildman–Crippen LogP) is 1.68. The third-order valence-electron chi connectivity index (χ3n) is 4.70. The fraction of sp³-hybridized carbons (Fsp3) is 0.500. The van der Waals surface area contributed by atoms with Crippen molar-refractivity contribution in [3.8, 4) is 11.4 Å². The summed E-state index contributed by atoms with van der Waals surface area (Å²) in [4.78, 5) is 18.6. The van der Waals surface area contributed by atoms with Crippen molar-refractivity contribution < 1.29 is 17.7 Å². The highest BCUT2D eigenvalue weighted by Crippen LogP contribution is 2.22. The number of rotatable bonds is 5. The van der Waals surface area contributed by atoms with E-state index >= 15 is 0 Å². The maximum Gasteiger partial charge on any atom is 0.246 e. The first-order chi connectivity index (χ1) is 12.7. The summed E-state index contributed by atoms with van der Waals surface area (Å²) in [6.45, 7) is 2.87. The van der Waals surface area contributed by atoms with E-state index in [4.69, 9.17) is 4.52 Å². The Hall–Kier alpha value is -2.26. The molecule has 1 unspecified atom stereocenters. The molecule has 8 nitrogen and oxygen atoms in total. The van der Waals surface area contributed by atoms with Gasteiger partial charge in [0.05, 0.1) is 18.7 Å². The summed E-state index contributed by atoms with van der Waals surface area (Å²) in [6.07, 6.45) is 2.53. The third-order valence-corrected chi connectivity index (χ3v) is 5.97. The van der Waals surface area contributed by atoms with Gasteiger partial charge in [0.1, 0.15) is 0 Å². The lowest BCUT2D eigenvalue weighted by molar-refractivity contribution is -0.136. The molecule has 1 amide bonds. The molecule has 0 radical (unpaired) electrons. The second-order valence-corrected chi connectivity index (χ2v) is 9.02. The van der Waals surface area contributed by atoms with Gasteiger partial charge in [-0.2, -0.15) is 4.98 Å². The number of amides is 1. The highest BCUT2D eigenvalue weighted by Gasteiger charge is 2.32. The smallest absolute Gasteiger partial charge is 0.246 e. The van der Waals surface area contributed by atoms with Crippen molar-refractivity contribution in [3.63, 3.8) is 0 Å². The molecule has 0 spiro atoms. The highest BCUT2D eigenvalue weighted by atomic mass is 32.2. The van der Waals surface area contributed by atoms with Crippen LogP contribution in [0.3, 0.4) is 0 Å². The van der Waals surface area contributed by atoms with Gasteiger partial charge in [-0.1, -0.05) is 28.9 Å². The lowest BCUT2D eigenvalue weighted by Crippen LogP contribution is -2.45. The standard InChI is InChI=1S/C18H24N4O4S/c1-13-6-4-7-14(10-13)17-19-16(26-20-17)12-21(2)18(23)15-8-5-9-22(11-15)27(3,24)25/h4,6-7,10,15H,5,8-9,11-12H2,1-3H3. The number of carbonyl (C=O) groups is 1. The van der Waals surface area contributed by atoms with Crippen LogP contribution in [0.5, 0.6) is 0 Å². The Morgan fingerprint density at radius 1 is 1.41 bits per heavy atom. The molecule has 1 aromatic heterocycles. The van der Waals surface area contributed by atoms with E-state index in [9.17, 15) is 13.2 Å². The average molecular weight is 392 g/mol. The third kappa shape index (κ3) is 4.72. The van der Waals surface area contributed by atoms with Crippen molar-refractivity contribution in [1.29, 1.82) is 0 Å². The Balaban J connectivity index is 1.65. The number of hydrogen-bond acceptors (Lipinski definition) is 6. The highest BCUT2D eigenvalue weighted by molar-refractivity contribution is 7.88. The molecule has 2 aromatic rings. The molecule has 1 atom stereocenters. The molecule has 1 aliphatic heterocycles. The van der Waals surface area contributed by atoms with E-state index < -0.39 is 10.0 Å². The van der Waals surface area contributed by atoms with E-state index in [0.717, 1.165) is 11.1 Å². The van der Waals surface area contributed by atoms with Gasteiger partial charge in [-0.15, -0.1) is 0 Å². The van der Waals surface area contributed by atoms with Gasteiger partial charge in [0.2, 0.25) is 27.6 Å². The molecule has 0 saturated carbocycles. The normalized spacial score (nSPS) is 18.4. The predicted molar refractivity (Wildman–Crippen MR) is 100 cm³/mol. The fourth-order valence-corrected chi connectivity index (χ4v) is 4.17. The molecule has 0 aliphatic carbocycles. The Morgan fingerprint density at radius 3 is 2.89 bits per heavy atom. The molecule has 1 aromatic carbocycles. The van der Waals surface area contributed by atoms with Crippen molar-refractivity contribution in [2.45, 2.75) is 26.3 Å². The SMILES string of the molecule is Cc1cccc(-c2noc(CN(C)C(=O)C3CCCN(S(C)(=O)=O)C3)n2)c1. The Labute approximate surface area is 159 Å². The van der Waals surface area contributed by atoms with E-state index in [0.29, 0.717) is 31.1 Å². The molecule has 27 heavy (non-hydrogen) atoms. The van der Waals surface area contributed by atoms with Crippen LogP contribution in [0, 0.1) is 12.8 Å². The van der Waals surface area contributed by atoms with Gasteiger partial charge in [-0.25, -0.2) is 12.7 Å². The molecule has 0 bridgehead atoms. The summed E-state index contributed by atoms with van der Waals surface area (Å²) in [6, 6.07) is 7.78. The summed E-state index contributed by atoms with van der Waals surface area (Å²) < 4.78 is 30.1. The molecule has 0 N–H and O–H groups in total. The number of piperidine rings is 1. The largest absolute Gasteiger partial charge is 0.337 e. The van der Waals surface area contributed by atoms with Crippen LogP contribution < -0.4 is 0 Å². The molecule has 9 heteroatoms. The Morgan fingerprint density at radius 2 is 2.19 bits per heavy atom. The number of aromatic nitrogens is 2. The minimum atomic E-state index is -3.29. The minimum absolute atomic E-state index is 0.112. The second kappa shape index (κ2) is 7.77. The van der Waals surface area contributed by atoms with E-state index in [2.05, 4.69) is 10.1 Å². The van der Waals surface area contributed by atoms with Gasteiger partial charge in [0.15, 0.2) is 0 Å². The Bertz CT molecular complexity index is 925. The maximum absolute atomic E-state index is 12.7. The lowest BCUT2D eigenvalue weighted by atomic mass is 9.98. The van der Waals surface area contributed by atoms with Crippen LogP contribution in [0.1, 0.15) is 24.3 Å². The fourth-order valence-electron chi connectivity index (χ4n) is 3.26. The van der Waals surface area contributed by atoms with Gasteiger partial charge in [-0.3, -0.25) is 4.79 Å². The number of benzene rings is 1. The van der Waals surface area contributed by atoms with Crippen molar-refractivity contribution in [2.24, 2.45) is 5.92 Å². The topological polar surface area (TPSA) is 96.6 Å². The molecule has 146 valence electrons. The van der Waals surface area contributed by atoms with E-state index in [1.54, 1.807) is 7.05 Å². The van der Waals surface area contributed by atoms with Gasteiger partial charge in [0, 0.05) is 25.7 Å². The van der Waals surface area contributed by atoms with Crippen LogP contribution in [0.15, 0.2) is 28.8 Å². The first kappa shape index (κ1) is 19.5. The van der Waals surface area contributed by atoms with Crippen LogP contribution in [0.25, 0.3) is 11.4 Å². The van der Waals surface area contributed by atoms with Crippen molar-refractivity contribution >= 4 is 15.9 Å². The minimum Gasteiger partial charge on any atom is -0.337 e. The number of sulfonamides is 1. The number of hydrogen-bond donors (Lipinski definition) is 0. The summed E-state index contributed by atoms with van der Waals surface area (Å²) in [5.41, 5.74) is 1.95. The zero-order valence-corrected chi connectivity index (χ0v) is 16.6. The molecular formula is C18H24N4O4S. The molecule has 3 rings (SSSR count). The van der Waals surface area contributed by atoms with Crippen LogP contribution in [-0.4, -0.2) is 60.1 Å². The van der Waals surface area contributed by atoms with Gasteiger partial charge in [-0.05, 0) is 25.8 Å². The lowest BCUT2D eigenvalue weighted by Gasteiger charge is -2.32. The van der Waals surface area contributed by atoms with Crippen molar-refractivity contribution in [2.75, 3.05) is 26.4 Å². The number of carbonyl (C=O) groups excluding carboxylic acids is 1. The molecule has 2 heterocycles. The van der Waals surface area contributed by atoms with Crippen LogP contribution in [0.2, 0.25) is 0 Å². The van der Waals surface area contributed by atoms with Crippen LogP contribution in [0.4, 0.5) is 0 Å². The zero-order valence-electron chi connectivity index (χ0n) is 15.8. The molecule has 1 saturated heterocycles. The first-order valence-electron chi connectivity index (χ1n) is 8.84. The maximum atomic E-state index is 12.7. The van der Waals surface area contributed by atoms with Crippen molar-refractivity contribution in [1.82, 2.24) is 19.3 Å². The molecular weight excluding hydrogens is 368 g/mol. The van der Waals surface area contributed by atoms with Crippen LogP contribution >= 0.6 is 0 Å². The van der Waals surface area contributed by atoms with Gasteiger partial charge >= 0.3 is 0 Å². The second-order valence-electron chi connectivity index (χ2n) is 7.04. The first-order valence-corrected chi connectivity index (χ1v) is 10.7. The van der Waals surface area contributed by atoms with Gasteiger partial charge < -0.3 is 9.42 Å². The zero-order chi connectivity index (χ0) is 19.6. The monoisotopic (exact) mass is 392 g/mol. The van der Waals surface area contributed by atoms with Gasteiger partial charge in [0.25, 0.3) is 0 Å². The number of aryl methyl sites for hydroxylation is 1. The molecule has 1 aliphatic rings. The van der Waals surface area contributed by atoms with Crippen LogP contribution in [-0.2, 0) is 21.4 Å². The quantitative estimate of drug-likeness (QED) is 0.768. The Kier molecular flexibility index (Phi) is 5.61. The van der Waals surface area contributed by atoms with E-state index in [1.165, 1.54) is 15.5 Å². The summed E-state index contributed by atoms with van der Waals surface area (Å²) >= 11 is 0. The molecule has 1 fully saturated rings. The summed E-state index contributed by atoms with van der Waals surface area (Å²) in [5.74, 6) is 0.366. The summed E-state index contributed by atoms with van der Waals surface area (Å²) in [7, 11) is -1.62.